The van der Waals surface area contributed by atoms with Crippen LogP contribution in [0.5, 0.6) is 0 Å². The minimum Gasteiger partial charge on any atom is -0.322 e. The predicted molar refractivity (Wildman–Crippen MR) is 119 cm³/mol. The number of halogens is 2. The first-order valence-electron chi connectivity index (χ1n) is 10.3. The number of anilines is 1. The lowest BCUT2D eigenvalue weighted by Crippen LogP contribution is -2.42. The second-order valence-electron chi connectivity index (χ2n) is 7.89. The SMILES string of the molecule is CC1(c2ccc(F)cc2F)NC(=O)N(CC(=O)c2ccc(NC(=O)c3ccccc3)cc2)C1=O. The molecule has 0 spiro atoms. The van der Waals surface area contributed by atoms with Gasteiger partial charge in [-0.05, 0) is 49.4 Å². The van der Waals surface area contributed by atoms with E-state index < -0.39 is 41.4 Å². The van der Waals surface area contributed by atoms with Gasteiger partial charge in [0, 0.05) is 28.4 Å². The van der Waals surface area contributed by atoms with Crippen molar-refractivity contribution in [3.05, 3.63) is 101 Å². The topological polar surface area (TPSA) is 95.6 Å². The predicted octanol–water partition coefficient (Wildman–Crippen LogP) is 3.87. The van der Waals surface area contributed by atoms with Crippen LogP contribution in [-0.4, -0.2) is 35.1 Å². The zero-order chi connectivity index (χ0) is 24.5. The van der Waals surface area contributed by atoms with Crippen molar-refractivity contribution in [1.82, 2.24) is 10.2 Å². The van der Waals surface area contributed by atoms with Crippen LogP contribution < -0.4 is 10.6 Å². The lowest BCUT2D eigenvalue weighted by atomic mass is 9.91. The molecular formula is C25H19F2N3O4. The Bertz CT molecular complexity index is 1300. The summed E-state index contributed by atoms with van der Waals surface area (Å²) in [5.74, 6) is -3.49. The van der Waals surface area contributed by atoms with Gasteiger partial charge in [0.15, 0.2) is 5.78 Å². The average Bonchev–Trinajstić information content (AvgIpc) is 3.03. The summed E-state index contributed by atoms with van der Waals surface area (Å²) >= 11 is 0. The summed E-state index contributed by atoms with van der Waals surface area (Å²) in [7, 11) is 0. The Hall–Kier alpha value is -4.40. The second-order valence-corrected chi connectivity index (χ2v) is 7.89. The molecule has 1 aliphatic rings. The lowest BCUT2D eigenvalue weighted by Gasteiger charge is -2.22. The van der Waals surface area contributed by atoms with Gasteiger partial charge in [-0.2, -0.15) is 0 Å². The van der Waals surface area contributed by atoms with Crippen LogP contribution in [-0.2, 0) is 10.3 Å². The van der Waals surface area contributed by atoms with Crippen molar-refractivity contribution in [1.29, 1.82) is 0 Å². The third kappa shape index (κ3) is 4.27. The third-order valence-corrected chi connectivity index (χ3v) is 5.55. The number of benzene rings is 3. The van der Waals surface area contributed by atoms with Gasteiger partial charge >= 0.3 is 6.03 Å². The summed E-state index contributed by atoms with van der Waals surface area (Å²) in [5, 5.41) is 5.09. The number of imide groups is 1. The number of rotatable bonds is 6. The maximum Gasteiger partial charge on any atom is 0.325 e. The van der Waals surface area contributed by atoms with Crippen molar-refractivity contribution in [3.8, 4) is 0 Å². The van der Waals surface area contributed by atoms with Crippen LogP contribution in [0.1, 0.15) is 33.2 Å². The van der Waals surface area contributed by atoms with Gasteiger partial charge in [0.25, 0.3) is 11.8 Å². The van der Waals surface area contributed by atoms with E-state index in [1.165, 1.54) is 31.2 Å². The highest BCUT2D eigenvalue weighted by molar-refractivity contribution is 6.11. The number of nitrogens with one attached hydrogen (secondary N) is 2. The summed E-state index contributed by atoms with van der Waals surface area (Å²) < 4.78 is 27.5. The average molecular weight is 463 g/mol. The fourth-order valence-corrected chi connectivity index (χ4v) is 3.69. The fraction of sp³-hybridized carbons (Fsp3) is 0.120. The molecule has 0 radical (unpaired) electrons. The maximum atomic E-state index is 14.3. The molecule has 1 fully saturated rings. The summed E-state index contributed by atoms with van der Waals surface area (Å²) in [4.78, 5) is 51.0. The van der Waals surface area contributed by atoms with E-state index in [-0.39, 0.29) is 17.0 Å². The minimum atomic E-state index is -1.78. The summed E-state index contributed by atoms with van der Waals surface area (Å²) in [6, 6.07) is 16.4. The molecule has 4 amide bonds. The molecule has 1 aliphatic heterocycles. The monoisotopic (exact) mass is 463 g/mol. The number of carbonyl (C=O) groups is 4. The molecule has 1 atom stereocenters. The highest BCUT2D eigenvalue weighted by atomic mass is 19.1. The van der Waals surface area contributed by atoms with E-state index in [0.29, 0.717) is 22.2 Å². The molecule has 0 aromatic heterocycles. The number of hydrogen-bond acceptors (Lipinski definition) is 4. The van der Waals surface area contributed by atoms with E-state index in [0.717, 1.165) is 12.1 Å². The summed E-state index contributed by atoms with van der Waals surface area (Å²) in [6.07, 6.45) is 0. The molecule has 9 heteroatoms. The zero-order valence-corrected chi connectivity index (χ0v) is 18.0. The lowest BCUT2D eigenvalue weighted by molar-refractivity contribution is -0.130. The van der Waals surface area contributed by atoms with Crippen molar-refractivity contribution in [2.24, 2.45) is 0 Å². The van der Waals surface area contributed by atoms with Crippen LogP contribution in [0.25, 0.3) is 0 Å². The Kier molecular flexibility index (Phi) is 5.93. The fourth-order valence-electron chi connectivity index (χ4n) is 3.69. The number of hydrogen-bond donors (Lipinski definition) is 2. The number of carbonyl (C=O) groups excluding carboxylic acids is 4. The summed E-state index contributed by atoms with van der Waals surface area (Å²) in [6.45, 7) is 0.719. The van der Waals surface area contributed by atoms with Crippen molar-refractivity contribution < 1.29 is 28.0 Å². The Morgan fingerprint density at radius 3 is 2.26 bits per heavy atom. The van der Waals surface area contributed by atoms with Crippen LogP contribution >= 0.6 is 0 Å². The molecule has 172 valence electrons. The van der Waals surface area contributed by atoms with Gasteiger partial charge in [-0.15, -0.1) is 0 Å². The van der Waals surface area contributed by atoms with E-state index >= 15 is 0 Å². The number of Topliss-reactive ketones (excluding diaryl/α,β-unsaturated/α-hetero) is 1. The van der Waals surface area contributed by atoms with Gasteiger partial charge in [-0.1, -0.05) is 24.3 Å². The molecule has 0 bridgehead atoms. The van der Waals surface area contributed by atoms with Crippen LogP contribution in [0.15, 0.2) is 72.8 Å². The highest BCUT2D eigenvalue weighted by Gasteiger charge is 2.50. The van der Waals surface area contributed by atoms with Crippen LogP contribution in [0.3, 0.4) is 0 Å². The van der Waals surface area contributed by atoms with Crippen LogP contribution in [0.2, 0.25) is 0 Å². The molecule has 4 rings (SSSR count). The van der Waals surface area contributed by atoms with Crippen LogP contribution in [0, 0.1) is 11.6 Å². The van der Waals surface area contributed by atoms with Gasteiger partial charge in [0.05, 0.1) is 6.54 Å². The first-order valence-corrected chi connectivity index (χ1v) is 10.3. The van der Waals surface area contributed by atoms with E-state index in [1.54, 1.807) is 30.3 Å². The molecule has 0 aliphatic carbocycles. The first kappa shape index (κ1) is 22.8. The summed E-state index contributed by atoms with van der Waals surface area (Å²) in [5.41, 5.74) is -0.844. The van der Waals surface area contributed by atoms with E-state index in [9.17, 15) is 28.0 Å². The molecule has 1 heterocycles. The van der Waals surface area contributed by atoms with Gasteiger partial charge in [0.1, 0.15) is 17.2 Å². The maximum absolute atomic E-state index is 14.3. The van der Waals surface area contributed by atoms with Gasteiger partial charge in [-0.3, -0.25) is 19.3 Å². The quantitative estimate of drug-likeness (QED) is 0.429. The van der Waals surface area contributed by atoms with Gasteiger partial charge in [-0.25, -0.2) is 13.6 Å². The molecule has 2 N–H and O–H groups in total. The largest absolute Gasteiger partial charge is 0.325 e. The zero-order valence-electron chi connectivity index (χ0n) is 18.0. The van der Waals surface area contributed by atoms with Crippen molar-refractivity contribution in [2.45, 2.75) is 12.5 Å². The van der Waals surface area contributed by atoms with E-state index in [2.05, 4.69) is 10.6 Å². The number of amides is 4. The Labute approximate surface area is 193 Å². The molecular weight excluding hydrogens is 444 g/mol. The normalized spacial score (nSPS) is 17.4. The second kappa shape index (κ2) is 8.86. The van der Waals surface area contributed by atoms with Crippen molar-refractivity contribution in [3.63, 3.8) is 0 Å². The Morgan fingerprint density at radius 1 is 0.941 bits per heavy atom. The number of ketones is 1. The Balaban J connectivity index is 1.45. The number of nitrogens with zero attached hydrogens (tertiary/aromatic N) is 1. The molecule has 1 saturated heterocycles. The molecule has 3 aromatic rings. The molecule has 0 saturated carbocycles. The van der Waals surface area contributed by atoms with Gasteiger partial charge in [0.2, 0.25) is 0 Å². The van der Waals surface area contributed by atoms with E-state index in [4.69, 9.17) is 0 Å². The van der Waals surface area contributed by atoms with Crippen LogP contribution in [0.4, 0.5) is 19.3 Å². The smallest absolute Gasteiger partial charge is 0.322 e. The molecule has 7 nitrogen and oxygen atoms in total. The minimum absolute atomic E-state index is 0.208. The first-order chi connectivity index (χ1) is 16.2. The molecule has 1 unspecified atom stereocenters. The van der Waals surface area contributed by atoms with Crippen molar-refractivity contribution >= 4 is 29.3 Å². The van der Waals surface area contributed by atoms with E-state index in [1.807, 2.05) is 0 Å². The highest BCUT2D eigenvalue weighted by Crippen LogP contribution is 2.31. The standard InChI is InChI=1S/C25H19F2N3O4/c1-25(19-12-9-17(26)13-20(19)27)23(33)30(24(34)29-25)14-21(31)15-7-10-18(11-8-15)28-22(32)16-5-3-2-4-6-16/h2-13H,14H2,1H3,(H,28,32)(H,29,34). The molecule has 34 heavy (non-hydrogen) atoms. The van der Waals surface area contributed by atoms with Gasteiger partial charge < -0.3 is 10.6 Å². The third-order valence-electron chi connectivity index (χ3n) is 5.55. The van der Waals surface area contributed by atoms with Crippen molar-refractivity contribution in [2.75, 3.05) is 11.9 Å². The number of urea groups is 1. The molecule has 3 aromatic carbocycles. The Morgan fingerprint density at radius 2 is 1.62 bits per heavy atom.